The minimum Gasteiger partial charge on any atom is -0.306 e. The molecule has 0 radical (unpaired) electrons. The number of benzene rings is 2. The van der Waals surface area contributed by atoms with Gasteiger partial charge < -0.3 is 5.32 Å². The first-order valence-electron chi connectivity index (χ1n) is 7.31. The first-order chi connectivity index (χ1) is 9.75. The van der Waals surface area contributed by atoms with Crippen LogP contribution in [0.15, 0.2) is 48.5 Å². The van der Waals surface area contributed by atoms with Crippen molar-refractivity contribution in [3.05, 3.63) is 70.2 Å². The van der Waals surface area contributed by atoms with Crippen LogP contribution in [0.4, 0.5) is 0 Å². The van der Waals surface area contributed by atoms with Crippen LogP contribution < -0.4 is 5.32 Å². The lowest BCUT2D eigenvalue weighted by molar-refractivity contribution is 0.572. The van der Waals surface area contributed by atoms with Gasteiger partial charge in [-0.1, -0.05) is 54.1 Å². The molecule has 0 unspecified atom stereocenters. The molecule has 2 aromatic rings. The van der Waals surface area contributed by atoms with Crippen molar-refractivity contribution in [1.29, 1.82) is 0 Å². The summed E-state index contributed by atoms with van der Waals surface area (Å²) in [7, 11) is 0. The van der Waals surface area contributed by atoms with Crippen molar-refractivity contribution in [2.45, 2.75) is 38.3 Å². The summed E-state index contributed by atoms with van der Waals surface area (Å²) in [6.07, 6.45) is 2.69. The standard InChI is InChI=1S/C18H20ClN/c1-13(16-7-4-5-9-18(16)19)20-12-15-6-2-3-8-17(15)14-10-11-14/h2-9,13-14,20H,10-12H2,1H3/t13-/m1/s1. The molecule has 0 heterocycles. The van der Waals surface area contributed by atoms with Crippen molar-refractivity contribution >= 4 is 11.6 Å². The molecule has 1 aliphatic carbocycles. The maximum Gasteiger partial charge on any atom is 0.0453 e. The van der Waals surface area contributed by atoms with Gasteiger partial charge in [0, 0.05) is 17.6 Å². The molecule has 2 heteroatoms. The van der Waals surface area contributed by atoms with Gasteiger partial charge in [0.1, 0.15) is 0 Å². The molecule has 20 heavy (non-hydrogen) atoms. The van der Waals surface area contributed by atoms with Crippen LogP contribution in [0.25, 0.3) is 0 Å². The third kappa shape index (κ3) is 3.05. The summed E-state index contributed by atoms with van der Waals surface area (Å²) in [5, 5.41) is 4.43. The lowest BCUT2D eigenvalue weighted by Gasteiger charge is -2.17. The summed E-state index contributed by atoms with van der Waals surface area (Å²) in [6, 6.07) is 17.1. The molecular formula is C18H20ClN. The minimum atomic E-state index is 0.260. The molecule has 0 aliphatic heterocycles. The number of hydrogen-bond acceptors (Lipinski definition) is 1. The monoisotopic (exact) mass is 285 g/mol. The summed E-state index contributed by atoms with van der Waals surface area (Å²) < 4.78 is 0. The lowest BCUT2D eigenvalue weighted by Crippen LogP contribution is -2.19. The zero-order valence-electron chi connectivity index (χ0n) is 11.8. The van der Waals surface area contributed by atoms with Gasteiger partial charge in [-0.3, -0.25) is 0 Å². The fourth-order valence-corrected chi connectivity index (χ4v) is 2.99. The Bertz CT molecular complexity index is 589. The van der Waals surface area contributed by atoms with Gasteiger partial charge in [-0.2, -0.15) is 0 Å². The molecule has 1 atom stereocenters. The third-order valence-corrected chi connectivity index (χ3v) is 4.39. The second-order valence-electron chi connectivity index (χ2n) is 5.60. The highest BCUT2D eigenvalue weighted by Gasteiger charge is 2.25. The Morgan fingerprint density at radius 1 is 1.10 bits per heavy atom. The van der Waals surface area contributed by atoms with Gasteiger partial charge in [-0.15, -0.1) is 0 Å². The van der Waals surface area contributed by atoms with Gasteiger partial charge >= 0.3 is 0 Å². The molecule has 0 saturated heterocycles. The van der Waals surface area contributed by atoms with E-state index in [1.165, 1.54) is 24.0 Å². The molecule has 1 N–H and O–H groups in total. The number of hydrogen-bond donors (Lipinski definition) is 1. The van der Waals surface area contributed by atoms with E-state index in [0.717, 1.165) is 23.0 Å². The topological polar surface area (TPSA) is 12.0 Å². The highest BCUT2D eigenvalue weighted by atomic mass is 35.5. The SMILES string of the molecule is C[C@@H](NCc1ccccc1C1CC1)c1ccccc1Cl. The summed E-state index contributed by atoms with van der Waals surface area (Å²) in [4.78, 5) is 0. The highest BCUT2D eigenvalue weighted by molar-refractivity contribution is 6.31. The Kier molecular flexibility index (Phi) is 4.09. The van der Waals surface area contributed by atoms with Crippen LogP contribution in [0.3, 0.4) is 0 Å². The first kappa shape index (κ1) is 13.7. The molecule has 0 spiro atoms. The highest BCUT2D eigenvalue weighted by Crippen LogP contribution is 2.41. The van der Waals surface area contributed by atoms with E-state index < -0.39 is 0 Å². The van der Waals surface area contributed by atoms with Crippen molar-refractivity contribution in [2.75, 3.05) is 0 Å². The van der Waals surface area contributed by atoms with E-state index in [0.29, 0.717) is 0 Å². The molecule has 104 valence electrons. The predicted molar refractivity (Wildman–Crippen MR) is 85.1 cm³/mol. The van der Waals surface area contributed by atoms with Gasteiger partial charge in [-0.25, -0.2) is 0 Å². The third-order valence-electron chi connectivity index (χ3n) is 4.04. The number of nitrogens with one attached hydrogen (secondary N) is 1. The second-order valence-corrected chi connectivity index (χ2v) is 6.00. The van der Waals surface area contributed by atoms with Gasteiger partial charge in [-0.05, 0) is 48.4 Å². The first-order valence-corrected chi connectivity index (χ1v) is 7.69. The smallest absolute Gasteiger partial charge is 0.0453 e. The summed E-state index contributed by atoms with van der Waals surface area (Å²) >= 11 is 6.25. The van der Waals surface area contributed by atoms with Crippen LogP contribution in [0.5, 0.6) is 0 Å². The Morgan fingerprint density at radius 2 is 1.80 bits per heavy atom. The normalized spacial score (nSPS) is 16.1. The lowest BCUT2D eigenvalue weighted by atomic mass is 10.0. The zero-order valence-corrected chi connectivity index (χ0v) is 12.5. The van der Waals surface area contributed by atoms with E-state index in [-0.39, 0.29) is 6.04 Å². The largest absolute Gasteiger partial charge is 0.306 e. The fourth-order valence-electron chi connectivity index (χ4n) is 2.69. The van der Waals surface area contributed by atoms with Crippen LogP contribution in [-0.4, -0.2) is 0 Å². The summed E-state index contributed by atoms with van der Waals surface area (Å²) in [5.41, 5.74) is 4.11. The molecular weight excluding hydrogens is 266 g/mol. The molecule has 0 bridgehead atoms. The maximum absolute atomic E-state index is 6.25. The van der Waals surface area contributed by atoms with Crippen molar-refractivity contribution in [1.82, 2.24) is 5.32 Å². The Hall–Kier alpha value is -1.31. The molecule has 1 fully saturated rings. The maximum atomic E-state index is 6.25. The quantitative estimate of drug-likeness (QED) is 0.809. The van der Waals surface area contributed by atoms with Crippen LogP contribution in [0, 0.1) is 0 Å². The Balaban J connectivity index is 1.69. The molecule has 0 aromatic heterocycles. The van der Waals surface area contributed by atoms with Crippen LogP contribution in [0.2, 0.25) is 5.02 Å². The van der Waals surface area contributed by atoms with Crippen molar-refractivity contribution in [3.8, 4) is 0 Å². The Morgan fingerprint density at radius 3 is 2.55 bits per heavy atom. The summed E-state index contributed by atoms with van der Waals surface area (Å²) in [6.45, 7) is 3.07. The van der Waals surface area contributed by atoms with Gasteiger partial charge in [0.15, 0.2) is 0 Å². The fraction of sp³-hybridized carbons (Fsp3) is 0.333. The molecule has 1 nitrogen and oxygen atoms in total. The van der Waals surface area contributed by atoms with Gasteiger partial charge in [0.05, 0.1) is 0 Å². The summed E-state index contributed by atoms with van der Waals surface area (Å²) in [5.74, 6) is 0.795. The molecule has 0 amide bonds. The van der Waals surface area contributed by atoms with E-state index >= 15 is 0 Å². The molecule has 1 saturated carbocycles. The van der Waals surface area contributed by atoms with E-state index in [4.69, 9.17) is 11.6 Å². The number of halogens is 1. The second kappa shape index (κ2) is 5.99. The average Bonchev–Trinajstić information content (AvgIpc) is 3.30. The van der Waals surface area contributed by atoms with E-state index in [1.54, 1.807) is 0 Å². The molecule has 1 aliphatic rings. The van der Waals surface area contributed by atoms with Crippen LogP contribution in [-0.2, 0) is 6.54 Å². The van der Waals surface area contributed by atoms with E-state index in [9.17, 15) is 0 Å². The molecule has 2 aromatic carbocycles. The van der Waals surface area contributed by atoms with Crippen molar-refractivity contribution in [2.24, 2.45) is 0 Å². The molecule has 3 rings (SSSR count). The van der Waals surface area contributed by atoms with Crippen molar-refractivity contribution < 1.29 is 0 Å². The van der Waals surface area contributed by atoms with E-state index in [2.05, 4.69) is 42.6 Å². The predicted octanol–water partition coefficient (Wildman–Crippen LogP) is 5.07. The van der Waals surface area contributed by atoms with E-state index in [1.807, 2.05) is 18.2 Å². The zero-order chi connectivity index (χ0) is 13.9. The van der Waals surface area contributed by atoms with Gasteiger partial charge in [0.2, 0.25) is 0 Å². The van der Waals surface area contributed by atoms with Crippen molar-refractivity contribution in [3.63, 3.8) is 0 Å². The van der Waals surface area contributed by atoms with Crippen LogP contribution >= 0.6 is 11.6 Å². The van der Waals surface area contributed by atoms with Gasteiger partial charge in [0.25, 0.3) is 0 Å². The number of rotatable bonds is 5. The minimum absolute atomic E-state index is 0.260. The van der Waals surface area contributed by atoms with Crippen LogP contribution in [0.1, 0.15) is 48.4 Å². The Labute approximate surface area is 126 Å². The average molecular weight is 286 g/mol.